The van der Waals surface area contributed by atoms with E-state index in [4.69, 9.17) is 11.6 Å². The molecular weight excluding hydrogens is 505 g/mol. The molecule has 10 heteroatoms. The van der Waals surface area contributed by atoms with E-state index in [9.17, 15) is 22.4 Å². The maximum atomic E-state index is 13.7. The second-order valence-corrected chi connectivity index (χ2v) is 10.6. The molecule has 3 aromatic rings. The van der Waals surface area contributed by atoms with E-state index < -0.39 is 40.2 Å². The molecule has 1 N–H and O–H groups in total. The van der Waals surface area contributed by atoms with Crippen LogP contribution in [0.1, 0.15) is 11.1 Å². The number of rotatable bonds is 10. The third-order valence-electron chi connectivity index (χ3n) is 5.56. The Labute approximate surface area is 215 Å². The second kappa shape index (κ2) is 12.0. The van der Waals surface area contributed by atoms with Gasteiger partial charge >= 0.3 is 0 Å². The van der Waals surface area contributed by atoms with Crippen LogP contribution in [0.5, 0.6) is 0 Å². The summed E-state index contributed by atoms with van der Waals surface area (Å²) in [5.41, 5.74) is 1.62. The van der Waals surface area contributed by atoms with Crippen LogP contribution in [0.15, 0.2) is 78.9 Å². The monoisotopic (exact) mass is 531 g/mol. The van der Waals surface area contributed by atoms with Crippen LogP contribution in [0, 0.1) is 5.82 Å². The van der Waals surface area contributed by atoms with Crippen LogP contribution in [-0.4, -0.2) is 51.0 Å². The van der Waals surface area contributed by atoms with E-state index in [1.54, 1.807) is 12.1 Å². The molecule has 36 heavy (non-hydrogen) atoms. The minimum atomic E-state index is -3.88. The molecule has 0 radical (unpaired) electrons. The van der Waals surface area contributed by atoms with Gasteiger partial charge in [-0.15, -0.1) is 0 Å². The summed E-state index contributed by atoms with van der Waals surface area (Å²) in [4.78, 5) is 28.0. The first-order chi connectivity index (χ1) is 17.1. The zero-order chi connectivity index (χ0) is 26.3. The van der Waals surface area contributed by atoms with Gasteiger partial charge in [0.05, 0.1) is 11.9 Å². The summed E-state index contributed by atoms with van der Waals surface area (Å²) in [7, 11) is -2.41. The van der Waals surface area contributed by atoms with Crippen molar-refractivity contribution in [3.8, 4) is 0 Å². The number of likely N-dealkylation sites (N-methyl/N-ethyl adjacent to an activating group) is 1. The van der Waals surface area contributed by atoms with Gasteiger partial charge in [-0.2, -0.15) is 0 Å². The fourth-order valence-corrected chi connectivity index (χ4v) is 4.78. The average Bonchev–Trinajstić information content (AvgIpc) is 2.85. The van der Waals surface area contributed by atoms with Crippen molar-refractivity contribution >= 4 is 39.1 Å². The normalized spacial score (nSPS) is 12.0. The van der Waals surface area contributed by atoms with E-state index in [0.29, 0.717) is 10.6 Å². The molecule has 0 unspecified atom stereocenters. The highest BCUT2D eigenvalue weighted by Gasteiger charge is 2.32. The van der Waals surface area contributed by atoms with E-state index >= 15 is 0 Å². The SMILES string of the molecule is CNC(=O)[C@@H](Cc1ccccc1)N(Cc1ccc(F)cc1)C(=O)CN(c1cccc(Cl)c1)S(C)(=O)=O. The maximum absolute atomic E-state index is 13.7. The first-order valence-electron chi connectivity index (χ1n) is 11.1. The molecule has 1 atom stereocenters. The predicted octanol–water partition coefficient (Wildman–Crippen LogP) is 3.63. The summed E-state index contributed by atoms with van der Waals surface area (Å²) in [5.74, 6) is -1.45. The highest BCUT2D eigenvalue weighted by molar-refractivity contribution is 7.92. The zero-order valence-electron chi connectivity index (χ0n) is 19.9. The van der Waals surface area contributed by atoms with Gasteiger partial charge in [0.25, 0.3) is 0 Å². The molecule has 3 aromatic carbocycles. The van der Waals surface area contributed by atoms with Crippen LogP contribution in [0.3, 0.4) is 0 Å². The van der Waals surface area contributed by atoms with E-state index in [0.717, 1.165) is 16.1 Å². The van der Waals surface area contributed by atoms with Crippen molar-refractivity contribution in [2.45, 2.75) is 19.0 Å². The van der Waals surface area contributed by atoms with Crippen LogP contribution in [-0.2, 0) is 32.6 Å². The number of sulfonamides is 1. The van der Waals surface area contributed by atoms with Gasteiger partial charge in [0, 0.05) is 25.0 Å². The minimum absolute atomic E-state index is 0.0306. The molecule has 0 heterocycles. The Morgan fingerprint density at radius 3 is 2.22 bits per heavy atom. The van der Waals surface area contributed by atoms with Gasteiger partial charge in [-0.05, 0) is 41.5 Å². The van der Waals surface area contributed by atoms with Gasteiger partial charge in [-0.3, -0.25) is 13.9 Å². The first kappa shape index (κ1) is 27.2. The van der Waals surface area contributed by atoms with Gasteiger partial charge in [-0.25, -0.2) is 12.8 Å². The molecule has 0 spiro atoms. The molecule has 0 aliphatic carbocycles. The Hall–Kier alpha value is -3.43. The summed E-state index contributed by atoms with van der Waals surface area (Å²) in [6.45, 7) is -0.583. The molecule has 0 aliphatic rings. The second-order valence-electron chi connectivity index (χ2n) is 8.22. The number of benzene rings is 3. The number of nitrogens with one attached hydrogen (secondary N) is 1. The van der Waals surface area contributed by atoms with Gasteiger partial charge in [-0.1, -0.05) is 60.1 Å². The molecule has 0 fully saturated rings. The average molecular weight is 532 g/mol. The summed E-state index contributed by atoms with van der Waals surface area (Å²) in [5, 5.41) is 2.91. The number of nitrogens with zero attached hydrogens (tertiary/aromatic N) is 2. The lowest BCUT2D eigenvalue weighted by molar-refractivity contribution is -0.139. The van der Waals surface area contributed by atoms with Crippen molar-refractivity contribution in [3.05, 3.63) is 101 Å². The summed E-state index contributed by atoms with van der Waals surface area (Å²) in [6, 6.07) is 19.9. The lowest BCUT2D eigenvalue weighted by Gasteiger charge is -2.33. The van der Waals surface area contributed by atoms with E-state index in [1.165, 1.54) is 48.3 Å². The molecule has 0 aliphatic heterocycles. The number of carbonyl (C=O) groups excluding carboxylic acids is 2. The Balaban J connectivity index is 2.01. The van der Waals surface area contributed by atoms with Gasteiger partial charge in [0.2, 0.25) is 21.8 Å². The topological polar surface area (TPSA) is 86.8 Å². The number of hydrogen-bond acceptors (Lipinski definition) is 4. The Morgan fingerprint density at radius 1 is 0.972 bits per heavy atom. The van der Waals surface area contributed by atoms with Crippen LogP contribution >= 0.6 is 11.6 Å². The molecule has 0 aromatic heterocycles. The highest BCUT2D eigenvalue weighted by atomic mass is 35.5. The molecule has 0 bridgehead atoms. The van der Waals surface area contributed by atoms with Crippen molar-refractivity contribution in [3.63, 3.8) is 0 Å². The lowest BCUT2D eigenvalue weighted by atomic mass is 10.0. The number of carbonyl (C=O) groups is 2. The van der Waals surface area contributed by atoms with Crippen molar-refractivity contribution in [2.75, 3.05) is 24.2 Å². The standard InChI is InChI=1S/C26H27ClFN3O4S/c1-29-26(33)24(15-19-7-4-3-5-8-19)30(17-20-11-13-22(28)14-12-20)25(32)18-31(36(2,34)35)23-10-6-9-21(27)16-23/h3-14,16,24H,15,17-18H2,1-2H3,(H,29,33)/t24-/m1/s1. The Bertz CT molecular complexity index is 1300. The van der Waals surface area contributed by atoms with E-state index in [-0.39, 0.29) is 18.7 Å². The predicted molar refractivity (Wildman–Crippen MR) is 139 cm³/mol. The molecule has 7 nitrogen and oxygen atoms in total. The van der Waals surface area contributed by atoms with Crippen molar-refractivity contribution in [1.82, 2.24) is 10.2 Å². The van der Waals surface area contributed by atoms with Crippen molar-refractivity contribution in [1.29, 1.82) is 0 Å². The van der Waals surface area contributed by atoms with Crippen molar-refractivity contribution in [2.24, 2.45) is 0 Å². The number of amides is 2. The third kappa shape index (κ3) is 7.29. The first-order valence-corrected chi connectivity index (χ1v) is 13.3. The van der Waals surface area contributed by atoms with Crippen LogP contribution in [0.25, 0.3) is 0 Å². The molecule has 3 rings (SSSR count). The van der Waals surface area contributed by atoms with E-state index in [1.807, 2.05) is 30.3 Å². The third-order valence-corrected chi connectivity index (χ3v) is 6.93. The van der Waals surface area contributed by atoms with Gasteiger partial charge in [0.1, 0.15) is 18.4 Å². The van der Waals surface area contributed by atoms with Crippen molar-refractivity contribution < 1.29 is 22.4 Å². The molecule has 0 saturated carbocycles. The number of hydrogen-bond donors (Lipinski definition) is 1. The molecule has 2 amide bonds. The summed E-state index contributed by atoms with van der Waals surface area (Å²) in [6.07, 6.45) is 1.19. The Kier molecular flexibility index (Phi) is 9.06. The molecular formula is C26H27ClFN3O4S. The number of anilines is 1. The quantitative estimate of drug-likeness (QED) is 0.433. The maximum Gasteiger partial charge on any atom is 0.244 e. The fraction of sp³-hybridized carbons (Fsp3) is 0.231. The minimum Gasteiger partial charge on any atom is -0.357 e. The van der Waals surface area contributed by atoms with Crippen LogP contribution < -0.4 is 9.62 Å². The summed E-state index contributed by atoms with van der Waals surface area (Å²) >= 11 is 6.06. The van der Waals surface area contributed by atoms with E-state index in [2.05, 4.69) is 5.32 Å². The molecule has 0 saturated heterocycles. The smallest absolute Gasteiger partial charge is 0.244 e. The highest BCUT2D eigenvalue weighted by Crippen LogP contribution is 2.23. The Morgan fingerprint density at radius 2 is 1.64 bits per heavy atom. The van der Waals surface area contributed by atoms with Gasteiger partial charge < -0.3 is 10.2 Å². The van der Waals surface area contributed by atoms with Gasteiger partial charge in [0.15, 0.2) is 0 Å². The van der Waals surface area contributed by atoms with Crippen LogP contribution in [0.4, 0.5) is 10.1 Å². The lowest BCUT2D eigenvalue weighted by Crippen LogP contribution is -2.52. The fourth-order valence-electron chi connectivity index (χ4n) is 3.75. The number of halogens is 2. The van der Waals surface area contributed by atoms with Crippen LogP contribution in [0.2, 0.25) is 5.02 Å². The summed E-state index contributed by atoms with van der Waals surface area (Å²) < 4.78 is 39.7. The zero-order valence-corrected chi connectivity index (χ0v) is 21.5. The largest absolute Gasteiger partial charge is 0.357 e. The molecule has 190 valence electrons.